The molecule has 0 aromatic heterocycles. The summed E-state index contributed by atoms with van der Waals surface area (Å²) in [7, 11) is -10.4. The minimum absolute atomic E-state index is 1.29. The molecule has 2 unspecified atom stereocenters. The van der Waals surface area contributed by atoms with Crippen LogP contribution in [0.3, 0.4) is 0 Å². The van der Waals surface area contributed by atoms with Gasteiger partial charge < -0.3 is 12.3 Å². The van der Waals surface area contributed by atoms with Crippen LogP contribution in [0.25, 0.3) is 0 Å². The molecule has 0 spiro atoms. The first-order valence-corrected chi connectivity index (χ1v) is 19.4. The van der Waals surface area contributed by atoms with Gasteiger partial charge in [0.2, 0.25) is 0 Å². The quantitative estimate of drug-likeness (QED) is 0.125. The van der Waals surface area contributed by atoms with Crippen LogP contribution in [0.15, 0.2) is 0 Å². The van der Waals surface area contributed by atoms with E-state index in [-0.39, 0.29) is 0 Å². The maximum atomic E-state index is 15.0. The van der Waals surface area contributed by atoms with Gasteiger partial charge in [-0.3, -0.25) is 9.47 Å². The summed E-state index contributed by atoms with van der Waals surface area (Å²) in [6, 6.07) is -1.42. The Morgan fingerprint density at radius 2 is 0.900 bits per heavy atom. The number of halogens is 15. The fourth-order valence-corrected chi connectivity index (χ4v) is 13.5. The second-order valence-corrected chi connectivity index (χ2v) is 18.1. The molecule has 0 saturated carbocycles. The van der Waals surface area contributed by atoms with E-state index in [1.807, 2.05) is 0 Å². The summed E-state index contributed by atoms with van der Waals surface area (Å²) in [4.78, 5) is 1.29. The van der Waals surface area contributed by atoms with Crippen molar-refractivity contribution in [3.05, 3.63) is 0 Å². The van der Waals surface area contributed by atoms with Crippen molar-refractivity contribution in [1.29, 1.82) is 0 Å². The zero-order valence-electron chi connectivity index (χ0n) is 21.0. The lowest BCUT2D eigenvalue weighted by molar-refractivity contribution is -0.567. The minimum atomic E-state index is -7.64. The van der Waals surface area contributed by atoms with Gasteiger partial charge in [-0.15, -0.1) is 4.94 Å². The molecule has 0 rings (SSSR count). The third-order valence-electron chi connectivity index (χ3n) is 3.99. The van der Waals surface area contributed by atoms with Crippen LogP contribution in [0.1, 0.15) is 6.42 Å². The Kier molecular flexibility index (Phi) is 12.9. The Bertz CT molecular complexity index is 790. The molecule has 25 heteroatoms. The SMILES string of the molecule is C[Si](C)O[Si](CCC(F)(OC(F)(F)C(F)(OC(F)(F)C(F)(F)OF)C(F)(F)F)C(F)(F)F)(O[Si](C)C)O[Si](C)C. The second-order valence-electron chi connectivity index (χ2n) is 8.36. The molecule has 0 bridgehead atoms. The maximum Gasteiger partial charge on any atom is 0.478 e. The molecule has 0 heterocycles. The van der Waals surface area contributed by atoms with E-state index in [2.05, 4.69) is 4.74 Å². The highest BCUT2D eigenvalue weighted by atomic mass is 28.5. The topological polar surface area (TPSA) is 55.4 Å². The largest absolute Gasteiger partial charge is 0.478 e. The lowest BCUT2D eigenvalue weighted by Gasteiger charge is -2.41. The van der Waals surface area contributed by atoms with E-state index in [4.69, 9.17) is 12.3 Å². The monoisotopic (exact) mass is 695 g/mol. The molecule has 3 radical (unpaired) electrons. The molecule has 0 fully saturated rings. The van der Waals surface area contributed by atoms with Gasteiger partial charge in [0.05, 0.1) is 0 Å². The molecule has 0 aromatic carbocycles. The number of alkyl halides is 14. The molecular weight excluding hydrogens is 673 g/mol. The third-order valence-corrected chi connectivity index (χ3v) is 13.5. The Morgan fingerprint density at radius 3 is 1.18 bits per heavy atom. The second kappa shape index (κ2) is 13.1. The predicted octanol–water partition coefficient (Wildman–Crippen LogP) is 7.29. The van der Waals surface area contributed by atoms with Gasteiger partial charge in [0.25, 0.3) is 0 Å². The van der Waals surface area contributed by atoms with E-state index >= 15 is 4.39 Å². The summed E-state index contributed by atoms with van der Waals surface area (Å²) in [6.45, 7) is 8.42. The Balaban J connectivity index is 6.77. The van der Waals surface area contributed by atoms with Gasteiger partial charge in [0.15, 0.2) is 27.1 Å². The first-order chi connectivity index (χ1) is 17.4. The molecule has 2 atom stereocenters. The van der Waals surface area contributed by atoms with Crippen molar-refractivity contribution in [1.82, 2.24) is 0 Å². The summed E-state index contributed by atoms with van der Waals surface area (Å²) in [6.07, 6.45) is -38.5. The van der Waals surface area contributed by atoms with Crippen LogP contribution in [0.4, 0.5) is 66.0 Å². The summed E-state index contributed by atoms with van der Waals surface area (Å²) in [5, 5.41) is 0. The van der Waals surface area contributed by atoms with Gasteiger partial charge in [-0.2, -0.15) is 57.1 Å². The molecule has 40 heavy (non-hydrogen) atoms. The first-order valence-electron chi connectivity index (χ1n) is 10.3. The van der Waals surface area contributed by atoms with Crippen LogP contribution in [0.2, 0.25) is 45.3 Å². The van der Waals surface area contributed by atoms with Crippen molar-refractivity contribution in [2.75, 3.05) is 0 Å². The van der Waals surface area contributed by atoms with Crippen molar-refractivity contribution in [3.8, 4) is 0 Å². The Morgan fingerprint density at radius 1 is 0.525 bits per heavy atom. The molecule has 0 amide bonds. The van der Waals surface area contributed by atoms with Gasteiger partial charge >= 0.3 is 51.2 Å². The van der Waals surface area contributed by atoms with Crippen molar-refractivity contribution < 1.29 is 92.8 Å². The molecule has 0 aliphatic heterocycles. The van der Waals surface area contributed by atoms with Crippen LogP contribution < -0.4 is 0 Å². The zero-order valence-corrected chi connectivity index (χ0v) is 25.0. The molecular formula is C15H22F15O6Si4. The van der Waals surface area contributed by atoms with Gasteiger partial charge in [0.1, 0.15) is 0 Å². The molecule has 0 aliphatic carbocycles. The number of hydrogen-bond acceptors (Lipinski definition) is 6. The number of hydrogen-bond donors (Lipinski definition) is 0. The van der Waals surface area contributed by atoms with Gasteiger partial charge in [-0.05, 0) is 43.8 Å². The van der Waals surface area contributed by atoms with Crippen LogP contribution in [0.5, 0.6) is 0 Å². The Labute approximate surface area is 223 Å². The van der Waals surface area contributed by atoms with E-state index in [1.165, 1.54) is 44.2 Å². The molecule has 0 N–H and O–H groups in total. The van der Waals surface area contributed by atoms with Crippen LogP contribution in [0, 0.1) is 0 Å². The highest BCUT2D eigenvalue weighted by Crippen LogP contribution is 2.55. The van der Waals surface area contributed by atoms with E-state index in [0.29, 0.717) is 0 Å². The van der Waals surface area contributed by atoms with Gasteiger partial charge in [0, 0.05) is 12.5 Å². The summed E-state index contributed by atoms with van der Waals surface area (Å²) >= 11 is 0. The highest BCUT2D eigenvalue weighted by molar-refractivity contribution is 6.79. The van der Waals surface area contributed by atoms with Crippen LogP contribution in [-0.4, -0.2) is 78.3 Å². The van der Waals surface area contributed by atoms with Crippen molar-refractivity contribution >= 4 is 35.9 Å². The Hall–Kier alpha value is -0.422. The fraction of sp³-hybridized carbons (Fsp3) is 1.00. The van der Waals surface area contributed by atoms with Gasteiger partial charge in [-0.1, -0.05) is 0 Å². The number of rotatable bonds is 16. The lowest BCUT2D eigenvalue weighted by Crippen LogP contribution is -2.66. The molecule has 0 aromatic rings. The fourth-order valence-electron chi connectivity index (χ4n) is 2.55. The normalized spacial score (nSPS) is 18.0. The summed E-state index contributed by atoms with van der Waals surface area (Å²) in [5.41, 5.74) is 0. The lowest BCUT2D eigenvalue weighted by atomic mass is 10.2. The summed E-state index contributed by atoms with van der Waals surface area (Å²) in [5.74, 6) is -13.6. The number of ether oxygens (including phenoxy) is 2. The minimum Gasteiger partial charge on any atom is -0.416 e. The highest BCUT2D eigenvalue weighted by Gasteiger charge is 2.82. The van der Waals surface area contributed by atoms with Crippen molar-refractivity contribution in [2.24, 2.45) is 0 Å². The predicted molar refractivity (Wildman–Crippen MR) is 110 cm³/mol. The molecule has 0 saturated heterocycles. The standard InChI is InChI=1S/C15H22F15O6Si4/c1-37(2)34-40(35-38(3)4,36-39(5)6)8-7-9(16,11(18,19)20)31-13(24,25)10(17,12(21,22)23)32-14(26,27)15(28,29)33-30/h7-8H2,1-6H3. The smallest absolute Gasteiger partial charge is 0.416 e. The average molecular weight is 696 g/mol. The van der Waals surface area contributed by atoms with Crippen molar-refractivity contribution in [2.45, 2.75) is 94.1 Å². The van der Waals surface area contributed by atoms with Crippen molar-refractivity contribution in [3.63, 3.8) is 0 Å². The zero-order chi connectivity index (χ0) is 32.4. The molecule has 6 nitrogen and oxygen atoms in total. The van der Waals surface area contributed by atoms with Crippen LogP contribution >= 0.6 is 0 Å². The van der Waals surface area contributed by atoms with Gasteiger partial charge in [-0.25, -0.2) is 4.39 Å². The van der Waals surface area contributed by atoms with E-state index in [1.54, 1.807) is 4.74 Å². The van der Waals surface area contributed by atoms with E-state index in [9.17, 15) is 61.6 Å². The third kappa shape index (κ3) is 9.54. The van der Waals surface area contributed by atoms with E-state index in [0.717, 1.165) is 0 Å². The van der Waals surface area contributed by atoms with E-state index < -0.39 is 90.8 Å². The molecule has 0 aliphatic rings. The average Bonchev–Trinajstić information content (AvgIpc) is 2.68. The van der Waals surface area contributed by atoms with Crippen LogP contribution in [-0.2, 0) is 26.8 Å². The molecule has 239 valence electrons. The first kappa shape index (κ1) is 39.6. The maximum absolute atomic E-state index is 15.0. The summed E-state index contributed by atoms with van der Waals surface area (Å²) < 4.78 is 222.